The van der Waals surface area contributed by atoms with E-state index in [2.05, 4.69) is 20.2 Å². The average molecular weight is 399 g/mol. The number of thioether (sulfide) groups is 1. The van der Waals surface area contributed by atoms with Gasteiger partial charge in [-0.25, -0.2) is 4.98 Å². The number of nitrogens with zero attached hydrogens (tertiary/aromatic N) is 3. The molecule has 6 nitrogen and oxygen atoms in total. The van der Waals surface area contributed by atoms with E-state index >= 15 is 0 Å². The smallest absolute Gasteiger partial charge is 0.277 e. The zero-order valence-corrected chi connectivity index (χ0v) is 16.8. The Hall–Kier alpha value is -2.45. The summed E-state index contributed by atoms with van der Waals surface area (Å²) in [4.78, 5) is 20.7. The highest BCUT2D eigenvalue weighted by Gasteiger charge is 2.24. The summed E-state index contributed by atoms with van der Waals surface area (Å²) in [5.74, 6) is 0.551. The molecule has 0 unspecified atom stereocenters. The van der Waals surface area contributed by atoms with Gasteiger partial charge in [-0.15, -0.1) is 21.5 Å². The Bertz CT molecular complexity index is 1110. The lowest BCUT2D eigenvalue weighted by Crippen LogP contribution is -2.14. The van der Waals surface area contributed by atoms with Gasteiger partial charge in [0.15, 0.2) is 5.78 Å². The number of rotatable bonds is 6. The first-order valence-corrected chi connectivity index (χ1v) is 10.3. The third-order valence-corrected chi connectivity index (χ3v) is 5.99. The van der Waals surface area contributed by atoms with Crippen molar-refractivity contribution in [2.24, 2.45) is 0 Å². The topological polar surface area (TPSA) is 84.7 Å². The van der Waals surface area contributed by atoms with Gasteiger partial charge in [0, 0.05) is 27.5 Å². The number of carbonyl (C=O) groups is 1. The van der Waals surface area contributed by atoms with Crippen molar-refractivity contribution in [1.82, 2.24) is 20.2 Å². The van der Waals surface area contributed by atoms with E-state index in [1.807, 2.05) is 50.4 Å². The predicted molar refractivity (Wildman–Crippen MR) is 107 cm³/mol. The van der Waals surface area contributed by atoms with Gasteiger partial charge in [0.25, 0.3) is 5.22 Å². The van der Waals surface area contributed by atoms with E-state index in [9.17, 15) is 4.79 Å². The van der Waals surface area contributed by atoms with Gasteiger partial charge in [-0.05, 0) is 26.8 Å². The van der Waals surface area contributed by atoms with Crippen LogP contribution in [-0.2, 0) is 6.42 Å². The average Bonchev–Trinajstić information content (AvgIpc) is 3.33. The number of fused-ring (bicyclic) bond motifs is 1. The van der Waals surface area contributed by atoms with Crippen molar-refractivity contribution in [2.45, 2.75) is 37.7 Å². The van der Waals surface area contributed by atoms with E-state index in [1.165, 1.54) is 11.8 Å². The molecule has 8 heteroatoms. The third-order valence-electron chi connectivity index (χ3n) is 4.23. The van der Waals surface area contributed by atoms with Crippen molar-refractivity contribution in [2.75, 3.05) is 0 Å². The number of H-pyrrole nitrogens is 1. The second-order valence-electron chi connectivity index (χ2n) is 6.29. The summed E-state index contributed by atoms with van der Waals surface area (Å²) in [6.07, 6.45) is 0.502. The third kappa shape index (κ3) is 3.68. The molecule has 0 fully saturated rings. The van der Waals surface area contributed by atoms with Crippen molar-refractivity contribution >= 4 is 39.8 Å². The van der Waals surface area contributed by atoms with Gasteiger partial charge >= 0.3 is 0 Å². The maximum absolute atomic E-state index is 13.0. The standard InChI is InChI=1S/C19H18N4O2S2/c1-10-17(14-6-4-5-7-15(14)20-10)18(24)11(2)27-19-23-22-16(25-19)8-13-9-26-12(3)21-13/h4-7,9,11,20H,8H2,1-3H3/t11-/m1/s1. The van der Waals surface area contributed by atoms with Crippen molar-refractivity contribution in [1.29, 1.82) is 0 Å². The number of aryl methyl sites for hydroxylation is 2. The molecule has 0 aliphatic carbocycles. The maximum atomic E-state index is 13.0. The van der Waals surface area contributed by atoms with Gasteiger partial charge in [-0.3, -0.25) is 4.79 Å². The molecule has 0 radical (unpaired) electrons. The van der Waals surface area contributed by atoms with Crippen LogP contribution in [0, 0.1) is 13.8 Å². The Morgan fingerprint density at radius 3 is 2.89 bits per heavy atom. The van der Waals surface area contributed by atoms with Crippen molar-refractivity contribution in [3.63, 3.8) is 0 Å². The van der Waals surface area contributed by atoms with Crippen LogP contribution in [0.15, 0.2) is 39.3 Å². The molecule has 138 valence electrons. The molecule has 0 amide bonds. The maximum Gasteiger partial charge on any atom is 0.277 e. The number of thiazole rings is 1. The lowest BCUT2D eigenvalue weighted by atomic mass is 10.1. The molecular weight excluding hydrogens is 380 g/mol. The number of aromatic nitrogens is 4. The van der Waals surface area contributed by atoms with E-state index in [0.29, 0.717) is 17.5 Å². The summed E-state index contributed by atoms with van der Waals surface area (Å²) in [7, 11) is 0. The van der Waals surface area contributed by atoms with Crippen LogP contribution in [0.2, 0.25) is 0 Å². The number of hydrogen-bond acceptors (Lipinski definition) is 7. The fourth-order valence-electron chi connectivity index (χ4n) is 3.00. The van der Waals surface area contributed by atoms with Crippen LogP contribution in [0.1, 0.15) is 39.6 Å². The minimum Gasteiger partial charge on any atom is -0.416 e. The van der Waals surface area contributed by atoms with Crippen molar-refractivity contribution < 1.29 is 9.21 Å². The van der Waals surface area contributed by atoms with E-state index in [-0.39, 0.29) is 11.0 Å². The highest BCUT2D eigenvalue weighted by Crippen LogP contribution is 2.29. The molecule has 0 bridgehead atoms. The summed E-state index contributed by atoms with van der Waals surface area (Å²) in [6, 6.07) is 7.83. The Morgan fingerprint density at radius 2 is 2.11 bits per heavy atom. The lowest BCUT2D eigenvalue weighted by Gasteiger charge is -2.07. The molecule has 1 atom stereocenters. The van der Waals surface area contributed by atoms with E-state index in [1.54, 1.807) is 11.3 Å². The zero-order valence-electron chi connectivity index (χ0n) is 15.1. The second kappa shape index (κ2) is 7.28. The van der Waals surface area contributed by atoms with E-state index in [4.69, 9.17) is 4.42 Å². The van der Waals surface area contributed by atoms with Crippen LogP contribution in [0.3, 0.4) is 0 Å². The number of aromatic amines is 1. The Balaban J connectivity index is 1.49. The fraction of sp³-hybridized carbons (Fsp3) is 0.263. The molecule has 1 aromatic carbocycles. The summed E-state index contributed by atoms with van der Waals surface area (Å²) >= 11 is 2.87. The molecule has 4 rings (SSSR count). The molecule has 0 saturated carbocycles. The Kier molecular flexibility index (Phi) is 4.84. The van der Waals surface area contributed by atoms with Gasteiger partial charge in [0.1, 0.15) is 0 Å². The van der Waals surface area contributed by atoms with Crippen molar-refractivity contribution in [3.8, 4) is 0 Å². The van der Waals surface area contributed by atoms with Gasteiger partial charge in [0.2, 0.25) is 5.89 Å². The number of Topliss-reactive ketones (excluding diaryl/α,β-unsaturated/α-hetero) is 1. The van der Waals surface area contributed by atoms with Crippen LogP contribution in [0.4, 0.5) is 0 Å². The van der Waals surface area contributed by atoms with Crippen LogP contribution in [0.25, 0.3) is 10.9 Å². The monoisotopic (exact) mass is 398 g/mol. The van der Waals surface area contributed by atoms with Gasteiger partial charge in [0.05, 0.1) is 22.4 Å². The number of nitrogens with one attached hydrogen (secondary N) is 1. The fourth-order valence-corrected chi connectivity index (χ4v) is 4.38. The Morgan fingerprint density at radius 1 is 1.30 bits per heavy atom. The predicted octanol–water partition coefficient (Wildman–Crippen LogP) is 4.58. The molecule has 0 saturated heterocycles. The largest absolute Gasteiger partial charge is 0.416 e. The molecule has 3 aromatic heterocycles. The molecule has 0 aliphatic rings. The summed E-state index contributed by atoms with van der Waals surface area (Å²) in [5, 5.41) is 12.1. The van der Waals surface area contributed by atoms with Gasteiger partial charge < -0.3 is 9.40 Å². The Labute approximate surface area is 164 Å². The normalized spacial score (nSPS) is 12.6. The van der Waals surface area contributed by atoms with Crippen LogP contribution in [-0.4, -0.2) is 31.2 Å². The quantitative estimate of drug-likeness (QED) is 0.378. The second-order valence-corrected chi connectivity index (χ2v) is 8.65. The highest BCUT2D eigenvalue weighted by atomic mass is 32.2. The first-order chi connectivity index (χ1) is 13.0. The summed E-state index contributed by atoms with van der Waals surface area (Å²) in [6.45, 7) is 5.75. The van der Waals surface area contributed by atoms with Crippen LogP contribution < -0.4 is 0 Å². The minimum atomic E-state index is -0.335. The molecule has 4 aromatic rings. The number of carbonyl (C=O) groups excluding carboxylic acids is 1. The number of ketones is 1. The molecule has 3 heterocycles. The first-order valence-electron chi connectivity index (χ1n) is 8.53. The van der Waals surface area contributed by atoms with Gasteiger partial charge in [-0.2, -0.15) is 0 Å². The van der Waals surface area contributed by atoms with Gasteiger partial charge in [-0.1, -0.05) is 30.0 Å². The molecule has 1 N–H and O–H groups in total. The minimum absolute atomic E-state index is 0.0461. The SMILES string of the molecule is Cc1nc(Cc2nnc(S[C@H](C)C(=O)c3c(C)[nH]c4ccccc34)o2)cs1. The zero-order chi connectivity index (χ0) is 19.0. The van der Waals surface area contributed by atoms with Crippen LogP contribution in [0.5, 0.6) is 0 Å². The lowest BCUT2D eigenvalue weighted by molar-refractivity contribution is 0.0994. The number of benzene rings is 1. The number of hydrogen-bond donors (Lipinski definition) is 1. The number of para-hydroxylation sites is 1. The molecule has 27 heavy (non-hydrogen) atoms. The van der Waals surface area contributed by atoms with Crippen LogP contribution >= 0.6 is 23.1 Å². The molecular formula is C19H18N4O2S2. The molecule has 0 aliphatic heterocycles. The first kappa shape index (κ1) is 17.9. The van der Waals surface area contributed by atoms with Crippen molar-refractivity contribution in [3.05, 3.63) is 57.5 Å². The molecule has 0 spiro atoms. The summed E-state index contributed by atoms with van der Waals surface area (Å²) in [5.41, 5.74) is 3.48. The van der Waals surface area contributed by atoms with E-state index in [0.717, 1.165) is 32.9 Å². The summed E-state index contributed by atoms with van der Waals surface area (Å²) < 4.78 is 5.70. The highest BCUT2D eigenvalue weighted by molar-refractivity contribution is 8.00. The van der Waals surface area contributed by atoms with E-state index < -0.39 is 0 Å².